The molecule has 2 aromatic carbocycles. The van der Waals surface area contributed by atoms with Crippen LogP contribution in [0.1, 0.15) is 36.9 Å². The summed E-state index contributed by atoms with van der Waals surface area (Å²) >= 11 is 0. The van der Waals surface area contributed by atoms with Crippen LogP contribution in [0.3, 0.4) is 0 Å². The molecule has 1 aromatic heterocycles. The van der Waals surface area contributed by atoms with E-state index in [0.717, 1.165) is 54.3 Å². The summed E-state index contributed by atoms with van der Waals surface area (Å²) < 4.78 is 14.2. The molecule has 9 heteroatoms. The van der Waals surface area contributed by atoms with Crippen molar-refractivity contribution < 1.29 is 9.50 Å². The Bertz CT molecular complexity index is 1380. The van der Waals surface area contributed by atoms with E-state index in [1.54, 1.807) is 0 Å². The third-order valence-electron chi connectivity index (χ3n) is 6.99. The number of hydrazone groups is 1. The van der Waals surface area contributed by atoms with Gasteiger partial charge in [-0.3, -0.25) is 5.01 Å². The summed E-state index contributed by atoms with van der Waals surface area (Å²) in [6.45, 7) is 4.01. The smallest absolute Gasteiger partial charge is 0.154 e. The van der Waals surface area contributed by atoms with Crippen LogP contribution >= 0.6 is 0 Å². The Morgan fingerprint density at radius 1 is 1.11 bits per heavy atom. The summed E-state index contributed by atoms with van der Waals surface area (Å²) in [6, 6.07) is 14.0. The summed E-state index contributed by atoms with van der Waals surface area (Å²) in [5.74, 6) is 0.149. The third kappa shape index (κ3) is 3.67. The molecule has 1 saturated heterocycles. The van der Waals surface area contributed by atoms with Crippen molar-refractivity contribution in [2.45, 2.75) is 32.0 Å². The quantitative estimate of drug-likeness (QED) is 0.603. The lowest BCUT2D eigenvalue weighted by molar-refractivity contribution is 0.166. The molecule has 6 rings (SSSR count). The van der Waals surface area contributed by atoms with Crippen molar-refractivity contribution in [3.63, 3.8) is 0 Å². The van der Waals surface area contributed by atoms with Gasteiger partial charge in [0.25, 0.3) is 0 Å². The zero-order valence-electron chi connectivity index (χ0n) is 19.3. The predicted molar refractivity (Wildman–Crippen MR) is 135 cm³/mol. The number of hydrogen-bond acceptors (Lipinski definition) is 8. The number of aromatic nitrogens is 1. The average molecular weight is 472 g/mol. The maximum atomic E-state index is 14.2. The summed E-state index contributed by atoms with van der Waals surface area (Å²) in [6.07, 6.45) is 3.30. The second kappa shape index (κ2) is 8.33. The van der Waals surface area contributed by atoms with Gasteiger partial charge in [0, 0.05) is 35.7 Å². The number of phenols is 1. The van der Waals surface area contributed by atoms with Crippen LogP contribution in [-0.4, -0.2) is 52.2 Å². The number of rotatable bonds is 4. The number of para-hydroxylation sites is 1. The molecule has 1 fully saturated rings. The number of pyridine rings is 1. The minimum Gasteiger partial charge on any atom is -0.508 e. The normalized spacial score (nSPS) is 22.3. The number of amidine groups is 1. The topological polar surface area (TPSA) is 103 Å². The van der Waals surface area contributed by atoms with Crippen molar-refractivity contribution in [2.24, 2.45) is 26.7 Å². The summed E-state index contributed by atoms with van der Waals surface area (Å²) in [7, 11) is 0. The van der Waals surface area contributed by atoms with E-state index in [1.165, 1.54) is 18.5 Å². The Hall–Kier alpha value is -4.01. The van der Waals surface area contributed by atoms with Crippen molar-refractivity contribution in [2.75, 3.05) is 18.0 Å². The van der Waals surface area contributed by atoms with Gasteiger partial charge in [0.2, 0.25) is 0 Å². The summed E-state index contributed by atoms with van der Waals surface area (Å²) in [5, 5.41) is 17.9. The SMILES string of the molecule is CC(c1cc2ccccc2nc1N1CCCC1)N1N=C(c2cc(O)cc(F)c2)C2C(N)=NC=NC21. The highest BCUT2D eigenvalue weighted by atomic mass is 19.1. The number of benzene rings is 2. The number of nitrogens with zero attached hydrogens (tertiary/aromatic N) is 6. The fourth-order valence-corrected chi connectivity index (χ4v) is 5.26. The number of nitrogens with two attached hydrogens (primary N) is 1. The first kappa shape index (κ1) is 21.5. The second-order valence-electron chi connectivity index (χ2n) is 9.24. The zero-order valence-corrected chi connectivity index (χ0v) is 19.3. The van der Waals surface area contributed by atoms with Crippen molar-refractivity contribution in [1.82, 2.24) is 9.99 Å². The van der Waals surface area contributed by atoms with Gasteiger partial charge in [-0.1, -0.05) is 18.2 Å². The monoisotopic (exact) mass is 471 g/mol. The number of fused-ring (bicyclic) bond motifs is 2. The number of aliphatic imine (C=N–C) groups is 2. The number of aromatic hydroxyl groups is 1. The molecule has 0 aliphatic carbocycles. The van der Waals surface area contributed by atoms with Crippen LogP contribution in [0.2, 0.25) is 0 Å². The Labute approximate surface area is 202 Å². The second-order valence-corrected chi connectivity index (χ2v) is 9.24. The van der Waals surface area contributed by atoms with Crippen LogP contribution in [-0.2, 0) is 0 Å². The van der Waals surface area contributed by atoms with Crippen molar-refractivity contribution in [3.05, 3.63) is 65.5 Å². The Morgan fingerprint density at radius 2 is 1.91 bits per heavy atom. The van der Waals surface area contributed by atoms with Gasteiger partial charge in [0.05, 0.1) is 17.3 Å². The number of anilines is 1. The molecule has 3 aliphatic rings. The number of phenolic OH excluding ortho intramolecular Hbond substituents is 1. The molecule has 8 nitrogen and oxygen atoms in total. The van der Waals surface area contributed by atoms with E-state index in [1.807, 2.05) is 23.2 Å². The maximum absolute atomic E-state index is 14.2. The Kier molecular flexibility index (Phi) is 5.12. The minimum absolute atomic E-state index is 0.171. The van der Waals surface area contributed by atoms with Gasteiger partial charge in [-0.05, 0) is 44.0 Å². The number of hydrogen-bond donors (Lipinski definition) is 2. The Morgan fingerprint density at radius 3 is 2.71 bits per heavy atom. The first-order valence-electron chi connectivity index (χ1n) is 11.9. The molecular formula is C26H26FN7O. The summed E-state index contributed by atoms with van der Waals surface area (Å²) in [4.78, 5) is 16.2. The van der Waals surface area contributed by atoms with Gasteiger partial charge in [0.15, 0.2) is 6.17 Å². The highest BCUT2D eigenvalue weighted by molar-refractivity contribution is 6.17. The van der Waals surface area contributed by atoms with Gasteiger partial charge < -0.3 is 15.7 Å². The van der Waals surface area contributed by atoms with Crippen LogP contribution in [0, 0.1) is 11.7 Å². The molecule has 0 bridgehead atoms. The molecular weight excluding hydrogens is 445 g/mol. The zero-order chi connectivity index (χ0) is 24.1. The lowest BCUT2D eigenvalue weighted by Crippen LogP contribution is -2.43. The molecule has 3 atom stereocenters. The van der Waals surface area contributed by atoms with Crippen LogP contribution in [0.15, 0.2) is 63.6 Å². The van der Waals surface area contributed by atoms with Gasteiger partial charge in [-0.15, -0.1) is 0 Å². The van der Waals surface area contributed by atoms with E-state index in [-0.39, 0.29) is 11.8 Å². The van der Waals surface area contributed by atoms with Crippen LogP contribution in [0.5, 0.6) is 5.75 Å². The van der Waals surface area contributed by atoms with Gasteiger partial charge in [0.1, 0.15) is 35.5 Å². The van der Waals surface area contributed by atoms with Gasteiger partial charge in [-0.25, -0.2) is 19.4 Å². The third-order valence-corrected chi connectivity index (χ3v) is 6.99. The standard InChI is InChI=1S/C26H26FN7O/c1-15(20-12-16-6-2-3-7-21(16)31-25(20)33-8-4-5-9-33)34-26-22(24(28)29-14-30-26)23(32-34)17-10-18(27)13-19(35)11-17/h2-3,6-7,10-15,22,26,35H,4-5,8-9H2,1H3,(H2,28,29,30). The molecule has 0 spiro atoms. The van der Waals surface area contributed by atoms with E-state index in [9.17, 15) is 9.50 Å². The molecule has 3 N–H and O–H groups in total. The lowest BCUT2D eigenvalue weighted by Gasteiger charge is -2.33. The van der Waals surface area contributed by atoms with Crippen molar-refractivity contribution >= 4 is 34.6 Å². The first-order chi connectivity index (χ1) is 17.0. The summed E-state index contributed by atoms with van der Waals surface area (Å²) in [5.41, 5.74) is 9.30. The van der Waals surface area contributed by atoms with Gasteiger partial charge in [-0.2, -0.15) is 5.10 Å². The van der Waals surface area contributed by atoms with E-state index in [0.29, 0.717) is 17.1 Å². The molecule has 0 amide bonds. The van der Waals surface area contributed by atoms with Crippen molar-refractivity contribution in [3.8, 4) is 5.75 Å². The lowest BCUT2D eigenvalue weighted by atomic mass is 9.92. The first-order valence-corrected chi connectivity index (χ1v) is 11.9. The minimum atomic E-state index is -0.546. The number of halogens is 1. The molecule has 178 valence electrons. The molecule has 3 aliphatic heterocycles. The van der Waals surface area contributed by atoms with E-state index >= 15 is 0 Å². The maximum Gasteiger partial charge on any atom is 0.154 e. The average Bonchev–Trinajstić information content (AvgIpc) is 3.51. The van der Waals surface area contributed by atoms with E-state index < -0.39 is 17.9 Å². The molecule has 3 unspecified atom stereocenters. The molecule has 0 saturated carbocycles. The van der Waals surface area contributed by atoms with E-state index in [2.05, 4.69) is 33.9 Å². The highest BCUT2D eigenvalue weighted by Crippen LogP contribution is 2.40. The molecule has 4 heterocycles. The van der Waals surface area contributed by atoms with Crippen molar-refractivity contribution in [1.29, 1.82) is 0 Å². The fourth-order valence-electron chi connectivity index (χ4n) is 5.26. The highest BCUT2D eigenvalue weighted by Gasteiger charge is 2.44. The molecule has 3 aromatic rings. The fraction of sp³-hybridized carbons (Fsp3) is 0.308. The van der Waals surface area contributed by atoms with Gasteiger partial charge >= 0.3 is 0 Å². The molecule has 35 heavy (non-hydrogen) atoms. The Balaban J connectivity index is 1.47. The van der Waals surface area contributed by atoms with Crippen LogP contribution in [0.4, 0.5) is 10.2 Å². The molecule has 0 radical (unpaired) electrons. The predicted octanol–water partition coefficient (Wildman–Crippen LogP) is 3.80. The van der Waals surface area contributed by atoms with Crippen LogP contribution < -0.4 is 10.6 Å². The van der Waals surface area contributed by atoms with E-state index in [4.69, 9.17) is 15.8 Å². The van der Waals surface area contributed by atoms with Crippen LogP contribution in [0.25, 0.3) is 10.9 Å². The largest absolute Gasteiger partial charge is 0.508 e.